The average molecular weight is 230 g/mol. The summed E-state index contributed by atoms with van der Waals surface area (Å²) in [7, 11) is 0. The maximum absolute atomic E-state index is 12.5. The quantitative estimate of drug-likeness (QED) is 0.669. The number of nitriles is 1. The Kier molecular flexibility index (Phi) is 5.31. The SMILES string of the molecule is CC.N#Cc1ccc(F)c(Br)c1. The highest BCUT2D eigenvalue weighted by atomic mass is 79.9. The molecule has 0 amide bonds. The summed E-state index contributed by atoms with van der Waals surface area (Å²) in [6.07, 6.45) is 0. The molecule has 0 saturated carbocycles. The monoisotopic (exact) mass is 229 g/mol. The Morgan fingerprint density at radius 1 is 1.42 bits per heavy atom. The molecule has 0 unspecified atom stereocenters. The van der Waals surface area contributed by atoms with Crippen molar-refractivity contribution in [2.75, 3.05) is 0 Å². The molecule has 0 aliphatic heterocycles. The molecule has 12 heavy (non-hydrogen) atoms. The molecule has 1 rings (SSSR count). The van der Waals surface area contributed by atoms with Gasteiger partial charge in [-0.3, -0.25) is 0 Å². The Hall–Kier alpha value is -0.880. The Morgan fingerprint density at radius 2 is 2.00 bits per heavy atom. The molecule has 0 radical (unpaired) electrons. The second-order valence-corrected chi connectivity index (χ2v) is 2.60. The lowest BCUT2D eigenvalue weighted by Gasteiger charge is -1.91. The van der Waals surface area contributed by atoms with Gasteiger partial charge in [-0.15, -0.1) is 0 Å². The van der Waals surface area contributed by atoms with E-state index in [1.54, 1.807) is 0 Å². The molecule has 64 valence electrons. The van der Waals surface area contributed by atoms with E-state index in [-0.39, 0.29) is 5.82 Å². The van der Waals surface area contributed by atoms with Crippen molar-refractivity contribution in [1.82, 2.24) is 0 Å². The third-order valence-electron chi connectivity index (χ3n) is 1.05. The van der Waals surface area contributed by atoms with Crippen molar-refractivity contribution in [3.8, 4) is 6.07 Å². The van der Waals surface area contributed by atoms with Gasteiger partial charge in [0.1, 0.15) is 5.82 Å². The van der Waals surface area contributed by atoms with Crippen molar-refractivity contribution in [2.24, 2.45) is 0 Å². The van der Waals surface area contributed by atoms with Crippen LogP contribution in [0, 0.1) is 17.1 Å². The molecule has 3 heteroatoms. The minimum absolute atomic E-state index is 0.326. The van der Waals surface area contributed by atoms with Crippen LogP contribution < -0.4 is 0 Å². The number of nitrogens with zero attached hydrogens (tertiary/aromatic N) is 1. The Bertz CT molecular complexity index is 291. The molecule has 0 atom stereocenters. The number of hydrogen-bond donors (Lipinski definition) is 0. The van der Waals surface area contributed by atoms with Crippen LogP contribution in [0.15, 0.2) is 22.7 Å². The van der Waals surface area contributed by atoms with Gasteiger partial charge in [0.25, 0.3) is 0 Å². The number of benzene rings is 1. The van der Waals surface area contributed by atoms with Gasteiger partial charge in [-0.25, -0.2) is 4.39 Å². The number of rotatable bonds is 0. The van der Waals surface area contributed by atoms with Crippen LogP contribution in [0.3, 0.4) is 0 Å². The highest BCUT2D eigenvalue weighted by molar-refractivity contribution is 9.10. The van der Waals surface area contributed by atoms with E-state index in [4.69, 9.17) is 5.26 Å². The average Bonchev–Trinajstić information content (AvgIpc) is 2.13. The van der Waals surface area contributed by atoms with E-state index in [0.29, 0.717) is 10.0 Å². The first-order chi connectivity index (χ1) is 5.74. The van der Waals surface area contributed by atoms with Crippen LogP contribution in [0.25, 0.3) is 0 Å². The minimum Gasteiger partial charge on any atom is -0.206 e. The van der Waals surface area contributed by atoms with Crippen LogP contribution in [0.1, 0.15) is 19.4 Å². The summed E-state index contributed by atoms with van der Waals surface area (Å²) in [6, 6.07) is 6.02. The van der Waals surface area contributed by atoms with Crippen LogP contribution in [-0.2, 0) is 0 Å². The van der Waals surface area contributed by atoms with Gasteiger partial charge in [0.2, 0.25) is 0 Å². The van der Waals surface area contributed by atoms with Gasteiger partial charge in [0, 0.05) is 0 Å². The van der Waals surface area contributed by atoms with Gasteiger partial charge >= 0.3 is 0 Å². The van der Waals surface area contributed by atoms with Crippen molar-refractivity contribution < 1.29 is 4.39 Å². The van der Waals surface area contributed by atoms with Crippen molar-refractivity contribution in [3.63, 3.8) is 0 Å². The molecule has 0 aromatic heterocycles. The predicted octanol–water partition coefficient (Wildman–Crippen LogP) is 3.49. The van der Waals surface area contributed by atoms with E-state index in [1.165, 1.54) is 18.2 Å². The van der Waals surface area contributed by atoms with Crippen LogP contribution in [0.5, 0.6) is 0 Å². The first-order valence-corrected chi connectivity index (χ1v) is 4.38. The third-order valence-corrected chi connectivity index (χ3v) is 1.66. The molecule has 0 saturated heterocycles. The lowest BCUT2D eigenvalue weighted by Crippen LogP contribution is -1.78. The van der Waals surface area contributed by atoms with Crippen LogP contribution in [0.4, 0.5) is 4.39 Å². The first-order valence-electron chi connectivity index (χ1n) is 3.59. The van der Waals surface area contributed by atoms with Crippen molar-refractivity contribution in [3.05, 3.63) is 34.1 Å². The summed E-state index contributed by atoms with van der Waals surface area (Å²) >= 11 is 2.96. The zero-order chi connectivity index (χ0) is 9.56. The molecule has 0 heterocycles. The van der Waals surface area contributed by atoms with Gasteiger partial charge in [-0.05, 0) is 34.1 Å². The zero-order valence-corrected chi connectivity index (χ0v) is 8.52. The van der Waals surface area contributed by atoms with E-state index >= 15 is 0 Å². The first kappa shape index (κ1) is 11.1. The third kappa shape index (κ3) is 3.02. The second kappa shape index (κ2) is 5.73. The number of hydrogen-bond acceptors (Lipinski definition) is 1. The summed E-state index contributed by atoms with van der Waals surface area (Å²) < 4.78 is 12.8. The minimum atomic E-state index is -0.348. The smallest absolute Gasteiger partial charge is 0.137 e. The van der Waals surface area contributed by atoms with Gasteiger partial charge in [0.15, 0.2) is 0 Å². The topological polar surface area (TPSA) is 23.8 Å². The molecule has 0 aliphatic rings. The largest absolute Gasteiger partial charge is 0.206 e. The van der Waals surface area contributed by atoms with Gasteiger partial charge in [0.05, 0.1) is 16.1 Å². The summed E-state index contributed by atoms with van der Waals surface area (Å²) in [5.41, 5.74) is 0.452. The molecule has 0 bridgehead atoms. The van der Waals surface area contributed by atoms with Crippen LogP contribution >= 0.6 is 15.9 Å². The van der Waals surface area contributed by atoms with Gasteiger partial charge in [-0.1, -0.05) is 13.8 Å². The van der Waals surface area contributed by atoms with Crippen LogP contribution in [0.2, 0.25) is 0 Å². The molecule has 0 N–H and O–H groups in total. The molecule has 0 aliphatic carbocycles. The molecule has 0 fully saturated rings. The fraction of sp³-hybridized carbons (Fsp3) is 0.222. The fourth-order valence-corrected chi connectivity index (χ4v) is 0.944. The van der Waals surface area contributed by atoms with Crippen molar-refractivity contribution >= 4 is 15.9 Å². The Labute approximate surface area is 80.0 Å². The molecule has 1 aromatic rings. The molecular weight excluding hydrogens is 221 g/mol. The van der Waals surface area contributed by atoms with Crippen molar-refractivity contribution in [2.45, 2.75) is 13.8 Å². The van der Waals surface area contributed by atoms with E-state index in [1.807, 2.05) is 19.9 Å². The standard InChI is InChI=1S/C7H3BrFN.C2H6/c8-6-3-5(4-10)1-2-7(6)9;1-2/h1-3H;1-2H3. The van der Waals surface area contributed by atoms with Gasteiger partial charge in [-0.2, -0.15) is 5.26 Å². The van der Waals surface area contributed by atoms with E-state index in [0.717, 1.165) is 0 Å². The summed E-state index contributed by atoms with van der Waals surface area (Å²) in [6.45, 7) is 4.00. The highest BCUT2D eigenvalue weighted by Crippen LogP contribution is 2.15. The van der Waals surface area contributed by atoms with Crippen molar-refractivity contribution in [1.29, 1.82) is 5.26 Å². The molecule has 1 aromatic carbocycles. The summed E-state index contributed by atoms with van der Waals surface area (Å²) in [5.74, 6) is -0.348. The van der Waals surface area contributed by atoms with Gasteiger partial charge < -0.3 is 0 Å². The lowest BCUT2D eigenvalue weighted by atomic mass is 10.2. The molecule has 1 nitrogen and oxygen atoms in total. The molecular formula is C9H9BrFN. The highest BCUT2D eigenvalue weighted by Gasteiger charge is 1.97. The maximum Gasteiger partial charge on any atom is 0.137 e. The normalized spacial score (nSPS) is 7.92. The number of halogens is 2. The second-order valence-electron chi connectivity index (χ2n) is 1.74. The Balaban J connectivity index is 0.000000561. The van der Waals surface area contributed by atoms with E-state index < -0.39 is 0 Å². The zero-order valence-electron chi connectivity index (χ0n) is 6.94. The maximum atomic E-state index is 12.5. The summed E-state index contributed by atoms with van der Waals surface area (Å²) in [5, 5.41) is 8.36. The predicted molar refractivity (Wildman–Crippen MR) is 50.2 cm³/mol. The van der Waals surface area contributed by atoms with E-state index in [2.05, 4.69) is 15.9 Å². The fourth-order valence-electron chi connectivity index (χ4n) is 0.566. The van der Waals surface area contributed by atoms with E-state index in [9.17, 15) is 4.39 Å². The molecule has 0 spiro atoms. The lowest BCUT2D eigenvalue weighted by molar-refractivity contribution is 0.621. The summed E-state index contributed by atoms with van der Waals surface area (Å²) in [4.78, 5) is 0. The van der Waals surface area contributed by atoms with Crippen LogP contribution in [-0.4, -0.2) is 0 Å². The Morgan fingerprint density at radius 3 is 2.42 bits per heavy atom.